The number of methoxy groups -OCH3 is 1. The molecule has 1 amide bonds. The van der Waals surface area contributed by atoms with Crippen molar-refractivity contribution >= 4 is 11.9 Å². The fourth-order valence-corrected chi connectivity index (χ4v) is 4.02. The topological polar surface area (TPSA) is 97.6 Å². The summed E-state index contributed by atoms with van der Waals surface area (Å²) in [5, 5.41) is 12.6. The Kier molecular flexibility index (Phi) is 7.27. The maximum atomic E-state index is 13.1. The van der Waals surface area contributed by atoms with Crippen LogP contribution in [0.1, 0.15) is 74.5 Å². The molecule has 0 spiro atoms. The summed E-state index contributed by atoms with van der Waals surface area (Å²) < 4.78 is 6.72. The average molecular weight is 407 g/mol. The number of amides is 1. The molecule has 1 fully saturated rings. The van der Waals surface area contributed by atoms with Gasteiger partial charge in [0.2, 0.25) is 0 Å². The molecule has 2 N–H and O–H groups in total. The van der Waals surface area contributed by atoms with E-state index >= 15 is 0 Å². The quantitative estimate of drug-likeness (QED) is 0.692. The second-order valence-electron chi connectivity index (χ2n) is 8.89. The highest BCUT2D eigenvalue weighted by atomic mass is 16.5. The summed E-state index contributed by atoms with van der Waals surface area (Å²) in [4.78, 5) is 38.2. The van der Waals surface area contributed by atoms with Crippen LogP contribution in [0.4, 0.5) is 0 Å². The summed E-state index contributed by atoms with van der Waals surface area (Å²) in [5.41, 5.74) is 0.0518. The molecule has 0 atom stereocenters. The van der Waals surface area contributed by atoms with E-state index in [0.29, 0.717) is 38.8 Å². The van der Waals surface area contributed by atoms with Crippen LogP contribution in [-0.2, 0) is 22.5 Å². The smallest absolute Gasteiger partial charge is 0.329 e. The standard InChI is InChI=1S/C22H34N2O5/c1-6-7-17-15(2)14-16(19(26)24(17)12-13-29-5)18(25)23-22(20(27)28)10-8-21(3,4)9-11-22/h14H,6-13H2,1-5H3,(H,23,25)(H,27,28). The van der Waals surface area contributed by atoms with Crippen LogP contribution in [0.15, 0.2) is 10.9 Å². The number of carboxylic acid groups (broad SMARTS) is 1. The van der Waals surface area contributed by atoms with E-state index in [4.69, 9.17) is 4.74 Å². The Morgan fingerprint density at radius 2 is 1.86 bits per heavy atom. The van der Waals surface area contributed by atoms with Crippen molar-refractivity contribution in [1.82, 2.24) is 9.88 Å². The minimum Gasteiger partial charge on any atom is -0.480 e. The Morgan fingerprint density at radius 1 is 1.24 bits per heavy atom. The molecule has 7 nitrogen and oxygen atoms in total. The molecule has 0 saturated heterocycles. The fourth-order valence-electron chi connectivity index (χ4n) is 4.02. The third-order valence-electron chi connectivity index (χ3n) is 6.09. The summed E-state index contributed by atoms with van der Waals surface area (Å²) >= 11 is 0. The highest BCUT2D eigenvalue weighted by Gasteiger charge is 2.45. The van der Waals surface area contributed by atoms with Crippen LogP contribution in [0.3, 0.4) is 0 Å². The molecular formula is C22H34N2O5. The molecule has 1 aromatic heterocycles. The van der Waals surface area contributed by atoms with E-state index in [-0.39, 0.29) is 11.0 Å². The number of hydrogen-bond donors (Lipinski definition) is 2. The number of nitrogens with one attached hydrogen (secondary N) is 1. The third-order valence-corrected chi connectivity index (χ3v) is 6.09. The first kappa shape index (κ1) is 23.1. The van der Waals surface area contributed by atoms with Crippen molar-refractivity contribution in [2.45, 2.75) is 78.3 Å². The number of aliphatic carboxylic acids is 1. The van der Waals surface area contributed by atoms with Gasteiger partial charge >= 0.3 is 5.97 Å². The summed E-state index contributed by atoms with van der Waals surface area (Å²) in [7, 11) is 1.56. The molecule has 29 heavy (non-hydrogen) atoms. The molecule has 1 aliphatic rings. The zero-order valence-corrected chi connectivity index (χ0v) is 18.3. The van der Waals surface area contributed by atoms with E-state index in [0.717, 1.165) is 24.1 Å². The van der Waals surface area contributed by atoms with Crippen molar-refractivity contribution in [3.8, 4) is 0 Å². The van der Waals surface area contributed by atoms with Gasteiger partial charge in [0, 0.05) is 19.3 Å². The van der Waals surface area contributed by atoms with Crippen molar-refractivity contribution in [2.24, 2.45) is 5.41 Å². The van der Waals surface area contributed by atoms with Gasteiger partial charge in [-0.3, -0.25) is 9.59 Å². The highest BCUT2D eigenvalue weighted by molar-refractivity contribution is 5.97. The lowest BCUT2D eigenvalue weighted by Crippen LogP contribution is -2.57. The van der Waals surface area contributed by atoms with Crippen molar-refractivity contribution in [3.63, 3.8) is 0 Å². The first-order valence-corrected chi connectivity index (χ1v) is 10.3. The van der Waals surface area contributed by atoms with Gasteiger partial charge in [-0.2, -0.15) is 0 Å². The molecule has 0 bridgehead atoms. The molecule has 7 heteroatoms. The predicted octanol–water partition coefficient (Wildman–Crippen LogP) is 2.91. The number of aryl methyl sites for hydroxylation is 1. The van der Waals surface area contributed by atoms with E-state index in [1.54, 1.807) is 17.7 Å². The highest BCUT2D eigenvalue weighted by Crippen LogP contribution is 2.40. The molecule has 1 aliphatic carbocycles. The Balaban J connectivity index is 2.40. The molecule has 0 aromatic carbocycles. The van der Waals surface area contributed by atoms with E-state index in [2.05, 4.69) is 19.2 Å². The Hall–Kier alpha value is -2.15. The molecule has 0 unspecified atom stereocenters. The van der Waals surface area contributed by atoms with E-state index in [1.165, 1.54) is 0 Å². The van der Waals surface area contributed by atoms with Gasteiger partial charge in [-0.15, -0.1) is 0 Å². The Morgan fingerprint density at radius 3 is 2.38 bits per heavy atom. The normalized spacial score (nSPS) is 17.7. The molecule has 162 valence electrons. The number of rotatable bonds is 8. The van der Waals surface area contributed by atoms with E-state index in [1.807, 2.05) is 13.8 Å². The summed E-state index contributed by atoms with van der Waals surface area (Å²) in [6.07, 6.45) is 3.70. The molecule has 1 aromatic rings. The average Bonchev–Trinajstić information content (AvgIpc) is 2.65. The van der Waals surface area contributed by atoms with Gasteiger partial charge < -0.3 is 19.7 Å². The first-order chi connectivity index (χ1) is 13.6. The zero-order valence-electron chi connectivity index (χ0n) is 18.3. The molecule has 0 radical (unpaired) electrons. The van der Waals surface area contributed by atoms with Crippen LogP contribution in [0, 0.1) is 12.3 Å². The second-order valence-corrected chi connectivity index (χ2v) is 8.89. The van der Waals surface area contributed by atoms with Gasteiger partial charge in [-0.05, 0) is 56.1 Å². The lowest BCUT2D eigenvalue weighted by Gasteiger charge is -2.41. The van der Waals surface area contributed by atoms with Crippen molar-refractivity contribution < 1.29 is 19.4 Å². The van der Waals surface area contributed by atoms with Crippen LogP contribution in [0.25, 0.3) is 0 Å². The zero-order chi connectivity index (χ0) is 21.8. The van der Waals surface area contributed by atoms with Crippen LogP contribution in [0.5, 0.6) is 0 Å². The van der Waals surface area contributed by atoms with Gasteiger partial charge in [-0.1, -0.05) is 27.2 Å². The molecule has 2 rings (SSSR count). The predicted molar refractivity (Wildman–Crippen MR) is 111 cm³/mol. The number of ether oxygens (including phenoxy) is 1. The number of pyridine rings is 1. The number of carbonyl (C=O) groups is 2. The second kappa shape index (κ2) is 9.11. The third kappa shape index (κ3) is 5.07. The molecule has 1 saturated carbocycles. The van der Waals surface area contributed by atoms with Crippen molar-refractivity contribution in [2.75, 3.05) is 13.7 Å². The number of carboxylic acids is 1. The lowest BCUT2D eigenvalue weighted by molar-refractivity contribution is -0.146. The summed E-state index contributed by atoms with van der Waals surface area (Å²) in [5.74, 6) is -1.66. The summed E-state index contributed by atoms with van der Waals surface area (Å²) in [6.45, 7) is 8.82. The number of hydrogen-bond acceptors (Lipinski definition) is 4. The Bertz CT molecular complexity index is 815. The van der Waals surface area contributed by atoms with Gasteiger partial charge in [0.1, 0.15) is 11.1 Å². The van der Waals surface area contributed by atoms with Gasteiger partial charge in [-0.25, -0.2) is 4.79 Å². The molecule has 0 aliphatic heterocycles. The van der Waals surface area contributed by atoms with E-state index < -0.39 is 23.0 Å². The maximum absolute atomic E-state index is 13.1. The molecular weight excluding hydrogens is 372 g/mol. The Labute approximate surface area is 172 Å². The van der Waals surface area contributed by atoms with E-state index in [9.17, 15) is 19.5 Å². The van der Waals surface area contributed by atoms with Crippen LogP contribution >= 0.6 is 0 Å². The van der Waals surface area contributed by atoms with Crippen LogP contribution < -0.4 is 10.9 Å². The fraction of sp³-hybridized carbons (Fsp3) is 0.682. The minimum atomic E-state index is -1.33. The van der Waals surface area contributed by atoms with Crippen molar-refractivity contribution in [1.29, 1.82) is 0 Å². The maximum Gasteiger partial charge on any atom is 0.329 e. The number of nitrogens with zero attached hydrogens (tertiary/aromatic N) is 1. The largest absolute Gasteiger partial charge is 0.480 e. The number of carbonyl (C=O) groups excluding carboxylic acids is 1. The van der Waals surface area contributed by atoms with Crippen LogP contribution in [-0.4, -0.2) is 40.8 Å². The monoisotopic (exact) mass is 406 g/mol. The number of aromatic nitrogens is 1. The van der Waals surface area contributed by atoms with Gasteiger partial charge in [0.15, 0.2) is 0 Å². The first-order valence-electron chi connectivity index (χ1n) is 10.3. The van der Waals surface area contributed by atoms with Crippen molar-refractivity contribution in [3.05, 3.63) is 33.2 Å². The molecule has 1 heterocycles. The lowest BCUT2D eigenvalue weighted by atomic mass is 9.69. The summed E-state index contributed by atoms with van der Waals surface area (Å²) in [6, 6.07) is 1.59. The van der Waals surface area contributed by atoms with Gasteiger partial charge in [0.05, 0.1) is 6.61 Å². The minimum absolute atomic E-state index is 0.0103. The SMILES string of the molecule is CCCc1c(C)cc(C(=O)NC2(C(=O)O)CCC(C)(C)CC2)c(=O)n1CCOC. The van der Waals surface area contributed by atoms with Crippen LogP contribution in [0.2, 0.25) is 0 Å². The van der Waals surface area contributed by atoms with Gasteiger partial charge in [0.25, 0.3) is 11.5 Å².